The van der Waals surface area contributed by atoms with E-state index in [1.54, 1.807) is 18.2 Å². The number of piperidine rings is 1. The maximum Gasteiger partial charge on any atom is 0.159 e. The maximum absolute atomic E-state index is 13.5. The molecule has 2 atom stereocenters. The zero-order valence-corrected chi connectivity index (χ0v) is 11.5. The normalized spacial score (nSPS) is 22.2. The first kappa shape index (κ1) is 14.1. The molecule has 1 aliphatic rings. The van der Waals surface area contributed by atoms with E-state index in [1.807, 2.05) is 0 Å². The molecule has 1 heterocycles. The van der Waals surface area contributed by atoms with Crippen LogP contribution in [-0.4, -0.2) is 13.1 Å². The van der Waals surface area contributed by atoms with E-state index in [9.17, 15) is 13.2 Å². The molecule has 0 aliphatic carbocycles. The number of rotatable bonds is 2. The van der Waals surface area contributed by atoms with Crippen molar-refractivity contribution < 1.29 is 13.2 Å². The molecule has 1 N–H and O–H groups in total. The summed E-state index contributed by atoms with van der Waals surface area (Å²) in [6.07, 6.45) is 0.840. The lowest BCUT2D eigenvalue weighted by atomic mass is 9.77. The van der Waals surface area contributed by atoms with Gasteiger partial charge in [-0.3, -0.25) is 0 Å². The Morgan fingerprint density at radius 2 is 1.52 bits per heavy atom. The molecule has 0 amide bonds. The van der Waals surface area contributed by atoms with Gasteiger partial charge in [-0.25, -0.2) is 13.2 Å². The Balaban J connectivity index is 1.94. The lowest BCUT2D eigenvalue weighted by Crippen LogP contribution is -2.34. The summed E-state index contributed by atoms with van der Waals surface area (Å²) in [5.74, 6) is -1.68. The van der Waals surface area contributed by atoms with Crippen molar-refractivity contribution >= 4 is 0 Å². The highest BCUT2D eigenvalue weighted by atomic mass is 19.2. The minimum atomic E-state index is -0.828. The Kier molecular flexibility index (Phi) is 3.97. The molecule has 110 valence electrons. The topological polar surface area (TPSA) is 12.0 Å². The monoisotopic (exact) mass is 291 g/mol. The Morgan fingerprint density at radius 3 is 2.24 bits per heavy atom. The summed E-state index contributed by atoms with van der Waals surface area (Å²) in [6.45, 7) is 1.58. The Labute approximate surface area is 121 Å². The van der Waals surface area contributed by atoms with Gasteiger partial charge in [0.2, 0.25) is 0 Å². The first-order chi connectivity index (χ1) is 10.1. The highest BCUT2D eigenvalue weighted by Crippen LogP contribution is 2.37. The standard InChI is InChI=1S/C17H16F3N/c18-13-4-1-11(2-5-13)15-10-21-8-7-14(15)12-3-6-16(19)17(20)9-12/h1-6,9,14-15,21H,7-8,10H2. The predicted octanol–water partition coefficient (Wildman–Crippen LogP) is 3.96. The van der Waals surface area contributed by atoms with Gasteiger partial charge in [-0.15, -0.1) is 0 Å². The van der Waals surface area contributed by atoms with Crippen LogP contribution in [0, 0.1) is 17.5 Å². The largest absolute Gasteiger partial charge is 0.316 e. The fourth-order valence-corrected chi connectivity index (χ4v) is 3.06. The summed E-state index contributed by atoms with van der Waals surface area (Å²) in [5, 5.41) is 3.31. The van der Waals surface area contributed by atoms with Gasteiger partial charge in [0.15, 0.2) is 11.6 Å². The van der Waals surface area contributed by atoms with Crippen molar-refractivity contribution in [3.63, 3.8) is 0 Å². The van der Waals surface area contributed by atoms with E-state index >= 15 is 0 Å². The Morgan fingerprint density at radius 1 is 0.810 bits per heavy atom. The van der Waals surface area contributed by atoms with Gasteiger partial charge in [-0.1, -0.05) is 18.2 Å². The van der Waals surface area contributed by atoms with Gasteiger partial charge in [-0.05, 0) is 54.3 Å². The molecule has 0 spiro atoms. The lowest BCUT2D eigenvalue weighted by molar-refractivity contribution is 0.401. The molecule has 1 saturated heterocycles. The van der Waals surface area contributed by atoms with Gasteiger partial charge in [0.1, 0.15) is 5.82 Å². The zero-order valence-electron chi connectivity index (χ0n) is 11.5. The van der Waals surface area contributed by atoms with Gasteiger partial charge in [0.05, 0.1) is 0 Å². The summed E-state index contributed by atoms with van der Waals surface area (Å²) in [6, 6.07) is 10.5. The molecule has 21 heavy (non-hydrogen) atoms. The third-order valence-electron chi connectivity index (χ3n) is 4.15. The van der Waals surface area contributed by atoms with Crippen molar-refractivity contribution in [2.75, 3.05) is 13.1 Å². The second-order valence-corrected chi connectivity index (χ2v) is 5.43. The Bertz CT molecular complexity index is 624. The molecule has 0 radical (unpaired) electrons. The van der Waals surface area contributed by atoms with Crippen LogP contribution >= 0.6 is 0 Å². The van der Waals surface area contributed by atoms with Crippen molar-refractivity contribution in [3.8, 4) is 0 Å². The quantitative estimate of drug-likeness (QED) is 0.883. The van der Waals surface area contributed by atoms with Crippen LogP contribution in [0.3, 0.4) is 0 Å². The van der Waals surface area contributed by atoms with Crippen LogP contribution in [0.1, 0.15) is 29.4 Å². The second kappa shape index (κ2) is 5.90. The first-order valence-electron chi connectivity index (χ1n) is 7.06. The molecular formula is C17H16F3N. The van der Waals surface area contributed by atoms with Crippen LogP contribution in [0.15, 0.2) is 42.5 Å². The smallest absolute Gasteiger partial charge is 0.159 e. The van der Waals surface area contributed by atoms with Crippen LogP contribution in [-0.2, 0) is 0 Å². The molecule has 1 aliphatic heterocycles. The fraction of sp³-hybridized carbons (Fsp3) is 0.294. The number of halogens is 3. The van der Waals surface area contributed by atoms with Crippen molar-refractivity contribution in [2.24, 2.45) is 0 Å². The minimum absolute atomic E-state index is 0.104. The third kappa shape index (κ3) is 2.95. The van der Waals surface area contributed by atoms with E-state index < -0.39 is 11.6 Å². The summed E-state index contributed by atoms with van der Waals surface area (Å²) >= 11 is 0. The summed E-state index contributed by atoms with van der Waals surface area (Å²) in [4.78, 5) is 0. The average Bonchev–Trinajstić information content (AvgIpc) is 2.51. The summed E-state index contributed by atoms with van der Waals surface area (Å²) in [5.41, 5.74) is 1.81. The van der Waals surface area contributed by atoms with Crippen LogP contribution in [0.4, 0.5) is 13.2 Å². The first-order valence-corrected chi connectivity index (χ1v) is 7.06. The van der Waals surface area contributed by atoms with E-state index in [2.05, 4.69) is 5.32 Å². The van der Waals surface area contributed by atoms with Gasteiger partial charge in [-0.2, -0.15) is 0 Å². The van der Waals surface area contributed by atoms with E-state index in [-0.39, 0.29) is 17.7 Å². The third-order valence-corrected chi connectivity index (χ3v) is 4.15. The van der Waals surface area contributed by atoms with Crippen molar-refractivity contribution in [3.05, 3.63) is 71.0 Å². The van der Waals surface area contributed by atoms with Crippen molar-refractivity contribution in [1.82, 2.24) is 5.32 Å². The van der Waals surface area contributed by atoms with Crippen LogP contribution in [0.25, 0.3) is 0 Å². The van der Waals surface area contributed by atoms with Gasteiger partial charge in [0.25, 0.3) is 0 Å². The van der Waals surface area contributed by atoms with Gasteiger partial charge in [0, 0.05) is 12.5 Å². The van der Waals surface area contributed by atoms with Crippen LogP contribution < -0.4 is 5.32 Å². The molecule has 0 bridgehead atoms. The van der Waals surface area contributed by atoms with E-state index in [1.165, 1.54) is 24.3 Å². The fourth-order valence-electron chi connectivity index (χ4n) is 3.06. The van der Waals surface area contributed by atoms with E-state index in [0.29, 0.717) is 0 Å². The van der Waals surface area contributed by atoms with E-state index in [0.717, 1.165) is 30.6 Å². The molecule has 1 fully saturated rings. The Hall–Kier alpha value is -1.81. The molecule has 3 rings (SSSR count). The summed E-state index contributed by atoms with van der Waals surface area (Å²) < 4.78 is 39.6. The maximum atomic E-state index is 13.5. The van der Waals surface area contributed by atoms with Gasteiger partial charge >= 0.3 is 0 Å². The number of hydrogen-bond donors (Lipinski definition) is 1. The molecular weight excluding hydrogens is 275 g/mol. The van der Waals surface area contributed by atoms with E-state index in [4.69, 9.17) is 0 Å². The number of benzene rings is 2. The average molecular weight is 291 g/mol. The molecule has 2 aromatic carbocycles. The highest BCUT2D eigenvalue weighted by molar-refractivity contribution is 5.31. The predicted molar refractivity (Wildman–Crippen MR) is 75.7 cm³/mol. The number of nitrogens with one attached hydrogen (secondary N) is 1. The second-order valence-electron chi connectivity index (χ2n) is 5.43. The molecule has 4 heteroatoms. The minimum Gasteiger partial charge on any atom is -0.316 e. The molecule has 2 aromatic rings. The van der Waals surface area contributed by atoms with Crippen molar-refractivity contribution in [2.45, 2.75) is 18.3 Å². The number of hydrogen-bond acceptors (Lipinski definition) is 1. The highest BCUT2D eigenvalue weighted by Gasteiger charge is 2.28. The summed E-state index contributed by atoms with van der Waals surface area (Å²) in [7, 11) is 0. The molecule has 0 aromatic heterocycles. The molecule has 0 saturated carbocycles. The van der Waals surface area contributed by atoms with Crippen LogP contribution in [0.2, 0.25) is 0 Å². The molecule has 2 unspecified atom stereocenters. The van der Waals surface area contributed by atoms with Crippen molar-refractivity contribution in [1.29, 1.82) is 0 Å². The van der Waals surface area contributed by atoms with Crippen LogP contribution in [0.5, 0.6) is 0 Å². The van der Waals surface area contributed by atoms with Gasteiger partial charge < -0.3 is 5.32 Å². The lowest BCUT2D eigenvalue weighted by Gasteiger charge is -2.33. The SMILES string of the molecule is Fc1ccc(C2CNCCC2c2ccc(F)c(F)c2)cc1. The molecule has 1 nitrogen and oxygen atoms in total. The zero-order chi connectivity index (χ0) is 14.8.